The zero-order chi connectivity index (χ0) is 13.9. The fraction of sp³-hybridized carbons (Fsp3) is 0.933. The number of hydrogen-bond donors (Lipinski definition) is 2. The van der Waals surface area contributed by atoms with Crippen LogP contribution in [0.15, 0.2) is 0 Å². The van der Waals surface area contributed by atoms with E-state index in [0.717, 1.165) is 32.3 Å². The second kappa shape index (κ2) is 6.23. The molecule has 2 atom stereocenters. The van der Waals surface area contributed by atoms with Crippen molar-refractivity contribution in [2.24, 2.45) is 5.92 Å². The maximum atomic E-state index is 11.5. The summed E-state index contributed by atoms with van der Waals surface area (Å²) in [6, 6.07) is 0.427. The third kappa shape index (κ3) is 4.18. The molecule has 2 rings (SSSR count). The lowest BCUT2D eigenvalue weighted by Gasteiger charge is -2.26. The lowest BCUT2D eigenvalue weighted by atomic mass is 9.97. The maximum Gasteiger partial charge on any atom is 0.324 e. The largest absolute Gasteiger partial charge is 0.480 e. The van der Waals surface area contributed by atoms with Crippen LogP contribution in [0.3, 0.4) is 0 Å². The highest BCUT2D eigenvalue weighted by Gasteiger charge is 2.48. The Morgan fingerprint density at radius 2 is 2.16 bits per heavy atom. The average Bonchev–Trinajstić information content (AvgIpc) is 3.04. The molecule has 0 aromatic carbocycles. The first-order valence-electron chi connectivity index (χ1n) is 7.64. The van der Waals surface area contributed by atoms with Gasteiger partial charge in [-0.1, -0.05) is 13.8 Å². The van der Waals surface area contributed by atoms with E-state index >= 15 is 0 Å². The van der Waals surface area contributed by atoms with Gasteiger partial charge in [0.1, 0.15) is 5.54 Å². The smallest absolute Gasteiger partial charge is 0.324 e. The first kappa shape index (κ1) is 14.8. The Morgan fingerprint density at radius 1 is 1.42 bits per heavy atom. The lowest BCUT2D eigenvalue weighted by Crippen LogP contribution is -2.51. The molecule has 2 aliphatic rings. The van der Waals surface area contributed by atoms with Gasteiger partial charge in [-0.25, -0.2) is 0 Å². The number of carboxylic acids is 1. The zero-order valence-corrected chi connectivity index (χ0v) is 12.2. The average molecular weight is 269 g/mol. The molecule has 0 spiro atoms. The number of carbonyl (C=O) groups is 1. The van der Waals surface area contributed by atoms with E-state index < -0.39 is 11.5 Å². The normalized spacial score (nSPS) is 31.0. The number of ether oxygens (including phenoxy) is 1. The fourth-order valence-electron chi connectivity index (χ4n) is 2.89. The molecule has 0 saturated heterocycles. The van der Waals surface area contributed by atoms with E-state index in [2.05, 4.69) is 19.2 Å². The third-order valence-electron chi connectivity index (χ3n) is 4.22. The highest BCUT2D eigenvalue weighted by atomic mass is 16.5. The Balaban J connectivity index is 1.74. The van der Waals surface area contributed by atoms with Crippen molar-refractivity contribution in [1.29, 1.82) is 0 Å². The molecule has 2 saturated carbocycles. The summed E-state index contributed by atoms with van der Waals surface area (Å²) in [4.78, 5) is 11.5. The summed E-state index contributed by atoms with van der Waals surface area (Å²) in [5.74, 6) is 0.00880. The van der Waals surface area contributed by atoms with Gasteiger partial charge in [-0.3, -0.25) is 10.1 Å². The summed E-state index contributed by atoms with van der Waals surface area (Å²) in [6.45, 7) is 5.19. The van der Waals surface area contributed by atoms with Crippen molar-refractivity contribution < 1.29 is 14.6 Å². The number of rotatable bonds is 8. The van der Waals surface area contributed by atoms with Gasteiger partial charge in [0, 0.05) is 19.1 Å². The van der Waals surface area contributed by atoms with Crippen LogP contribution in [-0.2, 0) is 9.53 Å². The minimum absolute atomic E-state index is 0.120. The fourth-order valence-corrected chi connectivity index (χ4v) is 2.89. The van der Waals surface area contributed by atoms with E-state index in [0.29, 0.717) is 24.8 Å². The summed E-state index contributed by atoms with van der Waals surface area (Å²) in [5.41, 5.74) is -0.718. The molecule has 0 aliphatic heterocycles. The SMILES string of the molecule is CC(C)CCCOC1CCC(NC2CC2)(C(=O)O)C1. The van der Waals surface area contributed by atoms with Crippen LogP contribution in [-0.4, -0.2) is 35.4 Å². The van der Waals surface area contributed by atoms with Crippen molar-refractivity contribution in [3.05, 3.63) is 0 Å². The van der Waals surface area contributed by atoms with Crippen molar-refractivity contribution in [2.75, 3.05) is 6.61 Å². The van der Waals surface area contributed by atoms with E-state index in [4.69, 9.17) is 4.74 Å². The summed E-state index contributed by atoms with van der Waals surface area (Å²) >= 11 is 0. The van der Waals surface area contributed by atoms with Gasteiger partial charge < -0.3 is 9.84 Å². The van der Waals surface area contributed by atoms with Crippen molar-refractivity contribution in [1.82, 2.24) is 5.32 Å². The Bertz CT molecular complexity index is 315. The van der Waals surface area contributed by atoms with E-state index in [1.54, 1.807) is 0 Å². The Kier molecular flexibility index (Phi) is 4.85. The van der Waals surface area contributed by atoms with Crippen LogP contribution in [0.5, 0.6) is 0 Å². The van der Waals surface area contributed by atoms with Gasteiger partial charge in [-0.2, -0.15) is 0 Å². The van der Waals surface area contributed by atoms with Gasteiger partial charge in [-0.05, 0) is 44.4 Å². The monoisotopic (exact) mass is 269 g/mol. The number of nitrogens with one attached hydrogen (secondary N) is 1. The first-order valence-corrected chi connectivity index (χ1v) is 7.64. The molecule has 0 heterocycles. The van der Waals surface area contributed by atoms with Crippen LogP contribution in [0.1, 0.15) is 58.8 Å². The maximum absolute atomic E-state index is 11.5. The van der Waals surface area contributed by atoms with E-state index in [1.165, 1.54) is 6.42 Å². The predicted molar refractivity (Wildman–Crippen MR) is 74.2 cm³/mol. The summed E-state index contributed by atoms with van der Waals surface area (Å²) in [5, 5.41) is 12.8. The second-order valence-electron chi connectivity index (χ2n) is 6.58. The predicted octanol–water partition coefficient (Wildman–Crippen LogP) is 2.57. The van der Waals surface area contributed by atoms with Gasteiger partial charge in [0.05, 0.1) is 6.10 Å². The molecule has 2 aliphatic carbocycles. The van der Waals surface area contributed by atoms with Crippen LogP contribution in [0.2, 0.25) is 0 Å². The first-order chi connectivity index (χ1) is 9.02. The van der Waals surface area contributed by atoms with Crippen molar-refractivity contribution in [2.45, 2.75) is 76.5 Å². The molecular formula is C15H27NO3. The molecule has 0 bridgehead atoms. The topological polar surface area (TPSA) is 58.6 Å². The van der Waals surface area contributed by atoms with Gasteiger partial charge in [-0.15, -0.1) is 0 Å². The number of hydrogen-bond acceptors (Lipinski definition) is 3. The Hall–Kier alpha value is -0.610. The highest BCUT2D eigenvalue weighted by Crippen LogP contribution is 2.35. The molecule has 0 amide bonds. The molecule has 2 N–H and O–H groups in total. The lowest BCUT2D eigenvalue weighted by molar-refractivity contribution is -0.145. The molecule has 4 heteroatoms. The van der Waals surface area contributed by atoms with Crippen LogP contribution >= 0.6 is 0 Å². The van der Waals surface area contributed by atoms with Crippen molar-refractivity contribution >= 4 is 5.97 Å². The quantitative estimate of drug-likeness (QED) is 0.665. The second-order valence-corrected chi connectivity index (χ2v) is 6.58. The molecule has 0 aromatic heterocycles. The highest BCUT2D eigenvalue weighted by molar-refractivity contribution is 5.79. The number of aliphatic carboxylic acids is 1. The third-order valence-corrected chi connectivity index (χ3v) is 4.22. The minimum atomic E-state index is -0.718. The summed E-state index contributed by atoms with van der Waals surface area (Å²) in [6.07, 6.45) is 6.81. The Labute approximate surface area is 115 Å². The van der Waals surface area contributed by atoms with Gasteiger partial charge in [0.25, 0.3) is 0 Å². The summed E-state index contributed by atoms with van der Waals surface area (Å²) in [7, 11) is 0. The van der Waals surface area contributed by atoms with Crippen molar-refractivity contribution in [3.63, 3.8) is 0 Å². The number of carboxylic acid groups (broad SMARTS) is 1. The Morgan fingerprint density at radius 3 is 2.74 bits per heavy atom. The molecule has 19 heavy (non-hydrogen) atoms. The zero-order valence-electron chi connectivity index (χ0n) is 12.2. The van der Waals surface area contributed by atoms with Crippen molar-refractivity contribution in [3.8, 4) is 0 Å². The van der Waals surface area contributed by atoms with Crippen LogP contribution in [0.4, 0.5) is 0 Å². The van der Waals surface area contributed by atoms with Gasteiger partial charge in [0.15, 0.2) is 0 Å². The van der Waals surface area contributed by atoms with Gasteiger partial charge in [0.2, 0.25) is 0 Å². The molecule has 4 nitrogen and oxygen atoms in total. The van der Waals surface area contributed by atoms with Crippen LogP contribution in [0.25, 0.3) is 0 Å². The minimum Gasteiger partial charge on any atom is -0.480 e. The van der Waals surface area contributed by atoms with E-state index in [-0.39, 0.29) is 6.10 Å². The molecular weight excluding hydrogens is 242 g/mol. The molecule has 0 radical (unpaired) electrons. The molecule has 110 valence electrons. The van der Waals surface area contributed by atoms with Crippen LogP contribution in [0, 0.1) is 5.92 Å². The summed E-state index contributed by atoms with van der Waals surface area (Å²) < 4.78 is 5.86. The molecule has 2 unspecified atom stereocenters. The molecule has 2 fully saturated rings. The van der Waals surface area contributed by atoms with Gasteiger partial charge >= 0.3 is 5.97 Å². The molecule has 0 aromatic rings. The van der Waals surface area contributed by atoms with Crippen LogP contribution < -0.4 is 5.32 Å². The van der Waals surface area contributed by atoms with E-state index in [1.807, 2.05) is 0 Å². The van der Waals surface area contributed by atoms with E-state index in [9.17, 15) is 9.90 Å². The standard InChI is InChI=1S/C15H27NO3/c1-11(2)4-3-9-19-13-7-8-15(10-13,14(17)18)16-12-5-6-12/h11-13,16H,3-10H2,1-2H3,(H,17,18).